The van der Waals surface area contributed by atoms with Crippen molar-refractivity contribution in [1.29, 1.82) is 0 Å². The maximum absolute atomic E-state index is 12.6. The number of aromatic nitrogens is 4. The molecule has 1 aliphatic rings. The molecule has 3 aromatic heterocycles. The highest BCUT2D eigenvalue weighted by molar-refractivity contribution is 7.22. The van der Waals surface area contributed by atoms with Gasteiger partial charge in [0.15, 0.2) is 16.6 Å². The molecule has 2 N–H and O–H groups in total. The second-order valence-electron chi connectivity index (χ2n) is 6.74. The maximum atomic E-state index is 12.6. The number of carboxylic acid groups (broad SMARTS) is 1. The highest BCUT2D eigenvalue weighted by atomic mass is 32.1. The van der Waals surface area contributed by atoms with Gasteiger partial charge in [-0.3, -0.25) is 23.7 Å². The van der Waals surface area contributed by atoms with Gasteiger partial charge in [0.2, 0.25) is 11.8 Å². The zero-order valence-electron chi connectivity index (χ0n) is 16.2. The molecule has 31 heavy (non-hydrogen) atoms. The van der Waals surface area contributed by atoms with E-state index in [4.69, 9.17) is 9.90 Å². The molecular weight excluding hydrogens is 420 g/mol. The Morgan fingerprint density at radius 3 is 2.81 bits per heavy atom. The molecule has 1 aliphatic heterocycles. The number of rotatable bonds is 4. The third-order valence-electron chi connectivity index (χ3n) is 4.81. The fourth-order valence-corrected chi connectivity index (χ4v) is 4.36. The fourth-order valence-electron chi connectivity index (χ4n) is 3.37. The van der Waals surface area contributed by atoms with Crippen LogP contribution in [0.25, 0.3) is 15.9 Å². The van der Waals surface area contributed by atoms with E-state index in [9.17, 15) is 9.59 Å². The first-order chi connectivity index (χ1) is 15.1. The van der Waals surface area contributed by atoms with Gasteiger partial charge in [0.25, 0.3) is 6.47 Å². The number of para-hydroxylation sites is 1. The topological polar surface area (TPSA) is 130 Å². The summed E-state index contributed by atoms with van der Waals surface area (Å²) in [7, 11) is 0. The number of anilines is 1. The van der Waals surface area contributed by atoms with Gasteiger partial charge in [-0.25, -0.2) is 4.98 Å². The first-order valence-electron chi connectivity index (χ1n) is 9.41. The van der Waals surface area contributed by atoms with Crippen LogP contribution in [0.1, 0.15) is 12.2 Å². The molecule has 0 spiro atoms. The average Bonchev–Trinajstić information content (AvgIpc) is 3.48. The Bertz CT molecular complexity index is 1220. The van der Waals surface area contributed by atoms with E-state index in [2.05, 4.69) is 20.5 Å². The minimum atomic E-state index is -0.404. The summed E-state index contributed by atoms with van der Waals surface area (Å²) >= 11 is 1.47. The van der Waals surface area contributed by atoms with Crippen molar-refractivity contribution in [3.05, 3.63) is 54.5 Å². The number of hydrogen-bond donors (Lipinski definition) is 2. The molecule has 1 fully saturated rings. The first-order valence-corrected chi connectivity index (χ1v) is 10.2. The van der Waals surface area contributed by atoms with Crippen LogP contribution in [0, 0.1) is 5.92 Å². The Hall–Kier alpha value is -3.86. The molecule has 4 aromatic rings. The number of benzene rings is 1. The molecule has 10 nitrogen and oxygen atoms in total. The number of pyridine rings is 1. The van der Waals surface area contributed by atoms with Crippen LogP contribution in [0.15, 0.2) is 48.7 Å². The summed E-state index contributed by atoms with van der Waals surface area (Å²) in [5, 5.41) is 18.6. The van der Waals surface area contributed by atoms with Gasteiger partial charge < -0.3 is 10.4 Å². The van der Waals surface area contributed by atoms with Crippen LogP contribution in [-0.2, 0) is 20.9 Å². The van der Waals surface area contributed by atoms with Crippen LogP contribution >= 0.6 is 11.3 Å². The van der Waals surface area contributed by atoms with E-state index in [1.807, 2.05) is 53.1 Å². The minimum Gasteiger partial charge on any atom is -0.483 e. The summed E-state index contributed by atoms with van der Waals surface area (Å²) in [4.78, 5) is 39.6. The van der Waals surface area contributed by atoms with E-state index in [-0.39, 0.29) is 31.3 Å². The second kappa shape index (κ2) is 8.88. The van der Waals surface area contributed by atoms with Gasteiger partial charge in [-0.15, -0.1) is 10.2 Å². The number of hydrogen-bond acceptors (Lipinski definition) is 7. The smallest absolute Gasteiger partial charge is 0.290 e. The zero-order chi connectivity index (χ0) is 21.8. The van der Waals surface area contributed by atoms with Crippen LogP contribution in [0.3, 0.4) is 0 Å². The lowest BCUT2D eigenvalue weighted by Crippen LogP contribution is -2.33. The monoisotopic (exact) mass is 438 g/mol. The van der Waals surface area contributed by atoms with Crippen molar-refractivity contribution in [2.75, 3.05) is 11.4 Å². The molecule has 1 unspecified atom stereocenters. The second-order valence-corrected chi connectivity index (χ2v) is 7.75. The Balaban J connectivity index is 0.000000730. The number of amides is 2. The lowest BCUT2D eigenvalue weighted by atomic mass is 10.1. The van der Waals surface area contributed by atoms with Gasteiger partial charge in [0.05, 0.1) is 22.7 Å². The van der Waals surface area contributed by atoms with E-state index in [1.165, 1.54) is 11.3 Å². The zero-order valence-corrected chi connectivity index (χ0v) is 17.0. The van der Waals surface area contributed by atoms with Crippen molar-refractivity contribution < 1.29 is 19.5 Å². The Morgan fingerprint density at radius 2 is 2.00 bits per heavy atom. The van der Waals surface area contributed by atoms with Crippen LogP contribution in [-0.4, -0.2) is 49.5 Å². The maximum Gasteiger partial charge on any atom is 0.290 e. The number of carbonyl (C=O) groups is 3. The van der Waals surface area contributed by atoms with Crippen LogP contribution < -0.4 is 10.2 Å². The first kappa shape index (κ1) is 20.4. The molecule has 2 amide bonds. The molecule has 4 heterocycles. The molecule has 0 radical (unpaired) electrons. The molecule has 0 aliphatic carbocycles. The molecular formula is C20H18N6O4S. The quantitative estimate of drug-likeness (QED) is 0.464. The Kier molecular flexibility index (Phi) is 5.85. The van der Waals surface area contributed by atoms with Gasteiger partial charge in [0, 0.05) is 19.2 Å². The van der Waals surface area contributed by atoms with Crippen LogP contribution in [0.4, 0.5) is 5.13 Å². The number of carbonyl (C=O) groups excluding carboxylic acids is 2. The predicted octanol–water partition coefficient (Wildman–Crippen LogP) is 1.71. The lowest BCUT2D eigenvalue weighted by Gasteiger charge is -2.13. The molecule has 0 saturated carbocycles. The number of nitrogens with one attached hydrogen (secondary N) is 1. The SMILES string of the molecule is O=C(NCc1nnc2ccccn12)C1CC(=O)N(c2nc3ccccc3s2)C1.O=CO. The number of thiazole rings is 1. The summed E-state index contributed by atoms with van der Waals surface area (Å²) in [5.74, 6) is 0.00627. The Morgan fingerprint density at radius 1 is 1.23 bits per heavy atom. The van der Waals surface area contributed by atoms with E-state index in [1.54, 1.807) is 4.90 Å². The van der Waals surface area contributed by atoms with E-state index < -0.39 is 5.92 Å². The fraction of sp³-hybridized carbons (Fsp3) is 0.200. The lowest BCUT2D eigenvalue weighted by molar-refractivity contribution is -0.126. The summed E-state index contributed by atoms with van der Waals surface area (Å²) in [6.45, 7) is 0.348. The highest BCUT2D eigenvalue weighted by Crippen LogP contribution is 2.32. The van der Waals surface area contributed by atoms with Crippen LogP contribution in [0.2, 0.25) is 0 Å². The third kappa shape index (κ3) is 4.21. The van der Waals surface area contributed by atoms with Crippen molar-refractivity contribution in [1.82, 2.24) is 24.9 Å². The van der Waals surface area contributed by atoms with Gasteiger partial charge in [-0.05, 0) is 24.3 Å². The highest BCUT2D eigenvalue weighted by Gasteiger charge is 2.36. The van der Waals surface area contributed by atoms with Crippen molar-refractivity contribution in [3.63, 3.8) is 0 Å². The number of fused-ring (bicyclic) bond motifs is 2. The normalized spacial score (nSPS) is 15.7. The van der Waals surface area contributed by atoms with Gasteiger partial charge in [-0.1, -0.05) is 29.5 Å². The van der Waals surface area contributed by atoms with E-state index in [0.29, 0.717) is 17.5 Å². The molecule has 11 heteroatoms. The molecule has 5 rings (SSSR count). The average molecular weight is 438 g/mol. The van der Waals surface area contributed by atoms with Crippen molar-refractivity contribution in [3.8, 4) is 0 Å². The van der Waals surface area contributed by atoms with Gasteiger partial charge >= 0.3 is 0 Å². The predicted molar refractivity (Wildman–Crippen MR) is 114 cm³/mol. The Labute approximate surface area is 180 Å². The summed E-state index contributed by atoms with van der Waals surface area (Å²) in [5.41, 5.74) is 1.59. The van der Waals surface area contributed by atoms with E-state index in [0.717, 1.165) is 15.9 Å². The third-order valence-corrected chi connectivity index (χ3v) is 5.87. The van der Waals surface area contributed by atoms with Crippen molar-refractivity contribution in [2.45, 2.75) is 13.0 Å². The summed E-state index contributed by atoms with van der Waals surface area (Å²) in [6.07, 6.45) is 2.03. The standard InChI is InChI=1S/C19H16N6O2S.CH2O2/c26-17-9-12(11-25(17)19-21-13-5-1-2-6-14(13)28-19)18(27)20-10-16-23-22-15-7-3-4-8-24(15)16;2-1-3/h1-8,12H,9-11H2,(H,20,27);1H,(H,2,3). The van der Waals surface area contributed by atoms with Gasteiger partial charge in [0.1, 0.15) is 0 Å². The van der Waals surface area contributed by atoms with E-state index >= 15 is 0 Å². The molecule has 1 aromatic carbocycles. The molecule has 0 bridgehead atoms. The van der Waals surface area contributed by atoms with Crippen LogP contribution in [0.5, 0.6) is 0 Å². The van der Waals surface area contributed by atoms with Gasteiger partial charge in [-0.2, -0.15) is 0 Å². The largest absolute Gasteiger partial charge is 0.483 e. The molecule has 1 saturated heterocycles. The molecule has 158 valence electrons. The van der Waals surface area contributed by atoms with Crippen molar-refractivity contribution in [2.24, 2.45) is 5.92 Å². The summed E-state index contributed by atoms with van der Waals surface area (Å²) < 4.78 is 2.85. The van der Waals surface area contributed by atoms with Crippen molar-refractivity contribution >= 4 is 50.6 Å². The number of nitrogens with zero attached hydrogens (tertiary/aromatic N) is 5. The summed E-state index contributed by atoms with van der Waals surface area (Å²) in [6, 6.07) is 13.4. The molecule has 1 atom stereocenters. The minimum absolute atomic E-state index is 0.0767.